The highest BCUT2D eigenvalue weighted by molar-refractivity contribution is 6.99. The van der Waals surface area contributed by atoms with Gasteiger partial charge in [-0.2, -0.15) is 0 Å². The van der Waals surface area contributed by atoms with Crippen LogP contribution in [0.2, 0.25) is 39.3 Å². The molecule has 0 aliphatic heterocycles. The maximum absolute atomic E-state index is 4.51. The van der Waals surface area contributed by atoms with Gasteiger partial charge in [-0.05, 0) is 0 Å². The van der Waals surface area contributed by atoms with Gasteiger partial charge in [-0.25, -0.2) is 4.98 Å². The molecule has 86 valence electrons. The van der Waals surface area contributed by atoms with Crippen LogP contribution in [0.25, 0.3) is 0 Å². The smallest absolute Gasteiger partial charge is 0.140 e. The molecular formula is C10H23N3Si2. The molecule has 0 spiro atoms. The van der Waals surface area contributed by atoms with Crippen LogP contribution in [0.3, 0.4) is 0 Å². The lowest BCUT2D eigenvalue weighted by Crippen LogP contribution is -2.59. The highest BCUT2D eigenvalue weighted by Crippen LogP contribution is 2.26. The number of anilines is 1. The Morgan fingerprint density at radius 3 is 1.80 bits per heavy atom. The van der Waals surface area contributed by atoms with E-state index in [1.54, 1.807) is 0 Å². The first kappa shape index (κ1) is 12.5. The molecule has 0 N–H and O–H groups in total. The van der Waals surface area contributed by atoms with Gasteiger partial charge in [0.2, 0.25) is 0 Å². The maximum atomic E-state index is 4.51. The number of rotatable bonds is 3. The van der Waals surface area contributed by atoms with E-state index >= 15 is 0 Å². The lowest BCUT2D eigenvalue weighted by atomic mass is 10.8. The van der Waals surface area contributed by atoms with Gasteiger partial charge in [0.25, 0.3) is 0 Å². The summed E-state index contributed by atoms with van der Waals surface area (Å²) in [5.74, 6) is 1.16. The molecule has 1 rings (SSSR count). The Labute approximate surface area is 95.3 Å². The van der Waals surface area contributed by atoms with Gasteiger partial charge in [0.1, 0.15) is 22.3 Å². The van der Waals surface area contributed by atoms with Crippen LogP contribution in [0.4, 0.5) is 5.82 Å². The number of nitrogens with zero attached hydrogens (tertiary/aromatic N) is 3. The number of aromatic nitrogens is 2. The van der Waals surface area contributed by atoms with Crippen LogP contribution in [-0.2, 0) is 7.05 Å². The molecular weight excluding hydrogens is 218 g/mol. The third kappa shape index (κ3) is 2.95. The zero-order valence-electron chi connectivity index (χ0n) is 11.0. The van der Waals surface area contributed by atoms with Gasteiger partial charge in [-0.15, -0.1) is 0 Å². The summed E-state index contributed by atoms with van der Waals surface area (Å²) in [5, 5.41) is 0. The van der Waals surface area contributed by atoms with Crippen molar-refractivity contribution in [3.05, 3.63) is 12.5 Å². The molecule has 0 amide bonds. The van der Waals surface area contributed by atoms with Crippen LogP contribution < -0.4 is 4.23 Å². The lowest BCUT2D eigenvalue weighted by Gasteiger charge is -2.44. The first-order valence-corrected chi connectivity index (χ1v) is 12.3. The largest absolute Gasteiger partial charge is 0.408 e. The molecule has 0 fully saturated rings. The third-order valence-corrected chi connectivity index (χ3v) is 9.43. The first-order chi connectivity index (χ1) is 6.62. The van der Waals surface area contributed by atoms with E-state index in [2.05, 4.69) is 54.7 Å². The Morgan fingerprint density at radius 1 is 1.07 bits per heavy atom. The zero-order valence-corrected chi connectivity index (χ0v) is 13.0. The van der Waals surface area contributed by atoms with E-state index in [0.29, 0.717) is 0 Å². The molecule has 0 aliphatic carbocycles. The zero-order chi connectivity index (χ0) is 11.9. The van der Waals surface area contributed by atoms with Crippen molar-refractivity contribution in [1.82, 2.24) is 9.55 Å². The van der Waals surface area contributed by atoms with Crippen LogP contribution in [0, 0.1) is 0 Å². The van der Waals surface area contributed by atoms with Crippen LogP contribution >= 0.6 is 0 Å². The van der Waals surface area contributed by atoms with Gasteiger partial charge in [0, 0.05) is 13.2 Å². The van der Waals surface area contributed by atoms with E-state index in [9.17, 15) is 0 Å². The third-order valence-electron chi connectivity index (χ3n) is 2.26. The van der Waals surface area contributed by atoms with E-state index in [-0.39, 0.29) is 0 Å². The maximum Gasteiger partial charge on any atom is 0.140 e. The predicted molar refractivity (Wildman–Crippen MR) is 72.4 cm³/mol. The highest BCUT2D eigenvalue weighted by atomic mass is 28.4. The minimum absolute atomic E-state index is 1.16. The number of hydrogen-bond acceptors (Lipinski definition) is 2. The fraction of sp³-hybridized carbons (Fsp3) is 0.700. The summed E-state index contributed by atoms with van der Waals surface area (Å²) in [5.41, 5.74) is 0. The van der Waals surface area contributed by atoms with Crippen molar-refractivity contribution in [2.75, 3.05) is 4.23 Å². The van der Waals surface area contributed by atoms with Gasteiger partial charge in [-0.1, -0.05) is 39.3 Å². The second-order valence-electron chi connectivity index (χ2n) is 6.07. The van der Waals surface area contributed by atoms with Gasteiger partial charge in [-0.3, -0.25) is 0 Å². The Bertz CT molecular complexity index is 319. The average molecular weight is 241 g/mol. The summed E-state index contributed by atoms with van der Waals surface area (Å²) in [6.07, 6.45) is 4.03. The lowest BCUT2D eigenvalue weighted by molar-refractivity contribution is 0.913. The minimum Gasteiger partial charge on any atom is -0.408 e. The van der Waals surface area contributed by atoms with Crippen LogP contribution in [0.15, 0.2) is 12.5 Å². The predicted octanol–water partition coefficient (Wildman–Crippen LogP) is 2.90. The Kier molecular flexibility index (Phi) is 3.16. The fourth-order valence-electron chi connectivity index (χ4n) is 2.21. The molecule has 15 heavy (non-hydrogen) atoms. The van der Waals surface area contributed by atoms with Crippen LogP contribution in [-0.4, -0.2) is 26.0 Å². The van der Waals surface area contributed by atoms with Crippen LogP contribution in [0.5, 0.6) is 0 Å². The summed E-state index contributed by atoms with van der Waals surface area (Å²) in [6, 6.07) is 0. The Balaban J connectivity index is 3.14. The molecule has 1 aromatic heterocycles. The normalized spacial score (nSPS) is 13.0. The second kappa shape index (κ2) is 3.79. The van der Waals surface area contributed by atoms with E-state index in [0.717, 1.165) is 5.82 Å². The van der Waals surface area contributed by atoms with Crippen molar-refractivity contribution in [1.29, 1.82) is 0 Å². The molecule has 0 aliphatic rings. The summed E-state index contributed by atoms with van der Waals surface area (Å²) < 4.78 is 4.66. The molecule has 0 bridgehead atoms. The fourth-order valence-corrected chi connectivity index (χ4v) is 11.9. The molecule has 0 radical (unpaired) electrons. The van der Waals surface area contributed by atoms with Gasteiger partial charge >= 0.3 is 0 Å². The molecule has 1 heterocycles. The van der Waals surface area contributed by atoms with Crippen molar-refractivity contribution < 1.29 is 0 Å². The molecule has 1 aromatic rings. The van der Waals surface area contributed by atoms with Crippen molar-refractivity contribution in [2.45, 2.75) is 39.3 Å². The first-order valence-electron chi connectivity index (χ1n) is 5.40. The van der Waals surface area contributed by atoms with E-state index in [1.165, 1.54) is 0 Å². The van der Waals surface area contributed by atoms with Crippen molar-refractivity contribution >= 4 is 22.3 Å². The summed E-state index contributed by atoms with van der Waals surface area (Å²) in [7, 11) is -0.630. The second-order valence-corrected chi connectivity index (χ2v) is 16.1. The van der Waals surface area contributed by atoms with Gasteiger partial charge < -0.3 is 8.80 Å². The number of aryl methyl sites for hydroxylation is 1. The molecule has 0 saturated carbocycles. The molecule has 3 nitrogen and oxygen atoms in total. The molecule has 0 unspecified atom stereocenters. The van der Waals surface area contributed by atoms with E-state index in [1.807, 2.05) is 17.9 Å². The topological polar surface area (TPSA) is 21.1 Å². The Morgan fingerprint density at radius 2 is 1.53 bits per heavy atom. The highest BCUT2D eigenvalue weighted by Gasteiger charge is 2.35. The SMILES string of the molecule is Cn1cnc(N([Si](C)(C)C)[Si](C)(C)C)c1. The molecule has 0 aromatic carbocycles. The standard InChI is InChI=1S/C10H23N3Si2/c1-12-8-10(11-9-12)13(14(2,3)4)15(5,6)7/h8-9H,1-7H3. The Hall–Kier alpha value is -0.556. The number of imidazole rings is 1. The van der Waals surface area contributed by atoms with Gasteiger partial charge in [0.05, 0.1) is 6.33 Å². The van der Waals surface area contributed by atoms with Crippen LogP contribution in [0.1, 0.15) is 0 Å². The van der Waals surface area contributed by atoms with E-state index < -0.39 is 16.5 Å². The number of hydrogen-bond donors (Lipinski definition) is 0. The molecule has 0 atom stereocenters. The quantitative estimate of drug-likeness (QED) is 0.759. The summed E-state index contributed by atoms with van der Waals surface area (Å²) in [4.78, 5) is 4.51. The van der Waals surface area contributed by atoms with Crippen molar-refractivity contribution in [3.8, 4) is 0 Å². The van der Waals surface area contributed by atoms with Crippen molar-refractivity contribution in [3.63, 3.8) is 0 Å². The monoisotopic (exact) mass is 241 g/mol. The average Bonchev–Trinajstić information content (AvgIpc) is 2.28. The summed E-state index contributed by atoms with van der Waals surface area (Å²) in [6.45, 7) is 14.3. The van der Waals surface area contributed by atoms with Gasteiger partial charge in [0.15, 0.2) is 0 Å². The van der Waals surface area contributed by atoms with E-state index in [4.69, 9.17) is 0 Å². The van der Waals surface area contributed by atoms with Crippen molar-refractivity contribution in [2.24, 2.45) is 7.05 Å². The molecule has 0 saturated heterocycles. The summed E-state index contributed by atoms with van der Waals surface area (Å²) >= 11 is 0. The molecule has 5 heteroatoms. The minimum atomic E-state index is -1.33.